The molecule has 0 radical (unpaired) electrons. The first kappa shape index (κ1) is 37.5. The molecular formula is C36H47N5O7S. The molecule has 1 saturated heterocycles. The van der Waals surface area contributed by atoms with Gasteiger partial charge in [-0.25, -0.2) is 13.2 Å². The Morgan fingerprint density at radius 1 is 1.00 bits per heavy atom. The van der Waals surface area contributed by atoms with Crippen LogP contribution in [0.1, 0.15) is 49.9 Å². The molecule has 1 aliphatic rings. The molecule has 4 rings (SSSR count). The van der Waals surface area contributed by atoms with Crippen molar-refractivity contribution in [2.75, 3.05) is 19.6 Å². The minimum atomic E-state index is -4.11. The molecular weight excluding hydrogens is 646 g/mol. The predicted molar refractivity (Wildman–Crippen MR) is 185 cm³/mol. The number of carbonyl (C=O) groups is 3. The van der Waals surface area contributed by atoms with Crippen molar-refractivity contribution in [1.82, 2.24) is 24.4 Å². The molecule has 13 heteroatoms. The van der Waals surface area contributed by atoms with Crippen LogP contribution >= 0.6 is 0 Å². The Kier molecular flexibility index (Phi) is 12.2. The van der Waals surface area contributed by atoms with Gasteiger partial charge < -0.3 is 20.4 Å². The number of carbonyl (C=O) groups excluding carboxylic acids is 3. The second-order valence-corrected chi connectivity index (χ2v) is 15.4. The van der Waals surface area contributed by atoms with E-state index in [1.54, 1.807) is 39.2 Å². The first-order valence-electron chi connectivity index (χ1n) is 16.4. The van der Waals surface area contributed by atoms with Crippen molar-refractivity contribution in [3.63, 3.8) is 0 Å². The number of phenols is 1. The van der Waals surface area contributed by atoms with Gasteiger partial charge in [-0.1, -0.05) is 58.0 Å². The SMILES string of the molecule is Cc1cc(S(=O)(=O)N(CC(C)C)C[C@@H](O)[C@H](Cc2ccccc2)NC(=O)[C@H](C(C)C)N2CC(=O)N(Cc3cnccc3C)C2=O)ccc1O. The molecule has 12 nitrogen and oxygen atoms in total. The lowest BCUT2D eigenvalue weighted by Crippen LogP contribution is -2.57. The molecule has 2 heterocycles. The lowest BCUT2D eigenvalue weighted by atomic mass is 9.97. The third-order valence-electron chi connectivity index (χ3n) is 8.65. The number of aryl methyl sites for hydroxylation is 2. The minimum Gasteiger partial charge on any atom is -0.508 e. The van der Waals surface area contributed by atoms with Crippen molar-refractivity contribution < 1.29 is 33.0 Å². The number of amides is 4. The number of pyridine rings is 1. The van der Waals surface area contributed by atoms with Gasteiger partial charge in [-0.2, -0.15) is 4.31 Å². The van der Waals surface area contributed by atoms with Crippen LogP contribution in [0.2, 0.25) is 0 Å². The van der Waals surface area contributed by atoms with E-state index in [4.69, 9.17) is 0 Å². The van der Waals surface area contributed by atoms with Crippen LogP contribution in [-0.2, 0) is 32.6 Å². The van der Waals surface area contributed by atoms with E-state index in [9.17, 15) is 33.0 Å². The smallest absolute Gasteiger partial charge is 0.328 e. The van der Waals surface area contributed by atoms with E-state index in [1.807, 2.05) is 51.1 Å². The fourth-order valence-electron chi connectivity index (χ4n) is 5.94. The summed E-state index contributed by atoms with van der Waals surface area (Å²) in [6.07, 6.45) is 2.05. The van der Waals surface area contributed by atoms with Gasteiger partial charge in [-0.05, 0) is 78.6 Å². The molecule has 264 valence electrons. The van der Waals surface area contributed by atoms with Gasteiger partial charge in [0.05, 0.1) is 23.6 Å². The number of phenolic OH excluding ortho intramolecular Hbond substituents is 1. The standard InChI is InChI=1S/C36H47N5O7S/c1-23(2)19-39(49(47,48)29-12-13-31(42)26(6)16-29)21-32(43)30(17-27-10-8-7-9-11-27)38-35(45)34(24(3)4)41-22-33(44)40(36(41)46)20-28-18-37-15-14-25(28)5/h7-16,18,23-24,30,32,34,42-43H,17,19-22H2,1-6H3,(H,38,45)/t30-,32+,34-/m0/s1. The van der Waals surface area contributed by atoms with Crippen LogP contribution in [0.3, 0.4) is 0 Å². The van der Waals surface area contributed by atoms with Crippen LogP contribution in [0.4, 0.5) is 4.79 Å². The van der Waals surface area contributed by atoms with Crippen LogP contribution in [0.5, 0.6) is 5.75 Å². The second kappa shape index (κ2) is 15.9. The third kappa shape index (κ3) is 9.02. The number of imide groups is 1. The van der Waals surface area contributed by atoms with Gasteiger partial charge in [0.15, 0.2) is 0 Å². The monoisotopic (exact) mass is 693 g/mol. The molecule has 0 unspecified atom stereocenters. The molecule has 4 amide bonds. The summed E-state index contributed by atoms with van der Waals surface area (Å²) in [6, 6.07) is 12.4. The highest BCUT2D eigenvalue weighted by molar-refractivity contribution is 7.89. The van der Waals surface area contributed by atoms with Crippen LogP contribution in [-0.4, -0.2) is 93.4 Å². The topological polar surface area (TPSA) is 160 Å². The number of aliphatic hydroxyl groups excluding tert-OH is 1. The van der Waals surface area contributed by atoms with Crippen molar-refractivity contribution in [2.24, 2.45) is 11.8 Å². The highest BCUT2D eigenvalue weighted by Gasteiger charge is 2.44. The van der Waals surface area contributed by atoms with Crippen molar-refractivity contribution in [3.05, 3.63) is 89.2 Å². The van der Waals surface area contributed by atoms with Gasteiger partial charge in [0.2, 0.25) is 15.9 Å². The molecule has 0 aliphatic carbocycles. The number of nitrogens with zero attached hydrogens (tertiary/aromatic N) is 4. The molecule has 3 aromatic rings. The Morgan fingerprint density at radius 2 is 1.69 bits per heavy atom. The van der Waals surface area contributed by atoms with Gasteiger partial charge in [-0.15, -0.1) is 0 Å². The van der Waals surface area contributed by atoms with Crippen molar-refractivity contribution in [1.29, 1.82) is 0 Å². The molecule has 1 aliphatic heterocycles. The normalized spacial score (nSPS) is 15.7. The molecule has 2 aromatic carbocycles. The fourth-order valence-corrected chi connectivity index (χ4v) is 7.65. The summed E-state index contributed by atoms with van der Waals surface area (Å²) < 4.78 is 28.9. The number of aliphatic hydroxyl groups is 1. The predicted octanol–water partition coefficient (Wildman–Crippen LogP) is 3.63. The number of urea groups is 1. The summed E-state index contributed by atoms with van der Waals surface area (Å²) in [5.74, 6) is -1.53. The number of aromatic hydroxyl groups is 1. The quantitative estimate of drug-likeness (QED) is 0.204. The molecule has 49 heavy (non-hydrogen) atoms. The van der Waals surface area contributed by atoms with E-state index < -0.39 is 52.0 Å². The Morgan fingerprint density at radius 3 is 2.31 bits per heavy atom. The van der Waals surface area contributed by atoms with Crippen LogP contribution in [0, 0.1) is 25.7 Å². The van der Waals surface area contributed by atoms with E-state index in [0.29, 0.717) is 11.1 Å². The first-order chi connectivity index (χ1) is 23.1. The summed E-state index contributed by atoms with van der Waals surface area (Å²) in [5, 5.41) is 24.6. The van der Waals surface area contributed by atoms with E-state index in [-0.39, 0.29) is 49.2 Å². The lowest BCUT2D eigenvalue weighted by molar-refractivity contribution is -0.129. The van der Waals surface area contributed by atoms with Gasteiger partial charge in [-0.3, -0.25) is 19.5 Å². The molecule has 1 fully saturated rings. The first-order valence-corrected chi connectivity index (χ1v) is 17.9. The fraction of sp³-hybridized carbons (Fsp3) is 0.444. The largest absolute Gasteiger partial charge is 0.508 e. The Hall–Kier alpha value is -4.33. The zero-order valence-electron chi connectivity index (χ0n) is 28.9. The lowest BCUT2D eigenvalue weighted by Gasteiger charge is -2.34. The van der Waals surface area contributed by atoms with Crippen molar-refractivity contribution >= 4 is 27.9 Å². The van der Waals surface area contributed by atoms with E-state index in [0.717, 1.165) is 16.0 Å². The minimum absolute atomic E-state index is 0.0241. The van der Waals surface area contributed by atoms with E-state index >= 15 is 0 Å². The zero-order chi connectivity index (χ0) is 36.0. The third-order valence-corrected chi connectivity index (χ3v) is 10.5. The summed E-state index contributed by atoms with van der Waals surface area (Å²) in [4.78, 5) is 47.2. The van der Waals surface area contributed by atoms with Gasteiger partial charge in [0.1, 0.15) is 18.3 Å². The summed E-state index contributed by atoms with van der Waals surface area (Å²) in [7, 11) is -4.11. The number of hydrogen-bond donors (Lipinski definition) is 3. The molecule has 3 atom stereocenters. The number of sulfonamides is 1. The number of rotatable bonds is 15. The number of aromatic nitrogens is 1. The number of benzene rings is 2. The average molecular weight is 694 g/mol. The number of hydrogen-bond acceptors (Lipinski definition) is 8. The zero-order valence-corrected chi connectivity index (χ0v) is 29.7. The van der Waals surface area contributed by atoms with Gasteiger partial charge in [0, 0.05) is 25.5 Å². The summed E-state index contributed by atoms with van der Waals surface area (Å²) in [6.45, 7) is 10.2. The highest BCUT2D eigenvalue weighted by atomic mass is 32.2. The highest BCUT2D eigenvalue weighted by Crippen LogP contribution is 2.26. The Labute approximate surface area is 288 Å². The maximum atomic E-state index is 14.1. The van der Waals surface area contributed by atoms with Crippen molar-refractivity contribution in [2.45, 2.75) is 77.6 Å². The Balaban J connectivity index is 1.61. The van der Waals surface area contributed by atoms with Crippen molar-refractivity contribution in [3.8, 4) is 5.75 Å². The molecule has 0 saturated carbocycles. The van der Waals surface area contributed by atoms with E-state index in [2.05, 4.69) is 10.3 Å². The Bertz CT molecular complexity index is 1750. The second-order valence-electron chi connectivity index (χ2n) is 13.4. The van der Waals surface area contributed by atoms with Crippen LogP contribution in [0.15, 0.2) is 71.9 Å². The van der Waals surface area contributed by atoms with E-state index in [1.165, 1.54) is 27.4 Å². The number of nitrogens with one attached hydrogen (secondary N) is 1. The molecule has 3 N–H and O–H groups in total. The average Bonchev–Trinajstić information content (AvgIpc) is 3.30. The maximum Gasteiger partial charge on any atom is 0.328 e. The van der Waals surface area contributed by atoms with Gasteiger partial charge in [0.25, 0.3) is 5.91 Å². The molecule has 0 bridgehead atoms. The summed E-state index contributed by atoms with van der Waals surface area (Å²) in [5.41, 5.74) is 2.78. The van der Waals surface area contributed by atoms with Crippen LogP contribution < -0.4 is 5.32 Å². The van der Waals surface area contributed by atoms with Gasteiger partial charge >= 0.3 is 6.03 Å². The summed E-state index contributed by atoms with van der Waals surface area (Å²) >= 11 is 0. The molecule has 1 aromatic heterocycles. The maximum absolute atomic E-state index is 14.1. The molecule has 0 spiro atoms. The van der Waals surface area contributed by atoms with Crippen LogP contribution in [0.25, 0.3) is 0 Å².